The lowest BCUT2D eigenvalue weighted by atomic mass is 10.3. The SMILES string of the molecule is CC(C)(C)SSSC(C)(C)C. The monoisotopic (exact) mass is 210 g/mol. The van der Waals surface area contributed by atoms with Crippen LogP contribution in [0, 0.1) is 0 Å². The summed E-state index contributed by atoms with van der Waals surface area (Å²) in [6.07, 6.45) is 0. The molecule has 0 N–H and O–H groups in total. The predicted molar refractivity (Wildman–Crippen MR) is 62.3 cm³/mol. The molecule has 0 heterocycles. The summed E-state index contributed by atoms with van der Waals surface area (Å²) in [5, 5.41) is 0. The van der Waals surface area contributed by atoms with Gasteiger partial charge >= 0.3 is 0 Å². The molecule has 0 saturated carbocycles. The Kier molecular flexibility index (Phi) is 4.75. The number of hydrogen-bond acceptors (Lipinski definition) is 3. The minimum Gasteiger partial charge on any atom is -0.0766 e. The van der Waals surface area contributed by atoms with Gasteiger partial charge in [-0.1, -0.05) is 63.1 Å². The van der Waals surface area contributed by atoms with Gasteiger partial charge in [0.15, 0.2) is 0 Å². The van der Waals surface area contributed by atoms with Crippen molar-refractivity contribution in [2.75, 3.05) is 0 Å². The van der Waals surface area contributed by atoms with Gasteiger partial charge in [-0.3, -0.25) is 0 Å². The van der Waals surface area contributed by atoms with Gasteiger partial charge in [0.25, 0.3) is 0 Å². The predicted octanol–water partition coefficient (Wildman–Crippen LogP) is 4.61. The van der Waals surface area contributed by atoms with E-state index in [2.05, 4.69) is 41.5 Å². The van der Waals surface area contributed by atoms with Crippen LogP contribution in [-0.2, 0) is 0 Å². The average Bonchev–Trinajstić information content (AvgIpc) is 1.55. The number of hydrogen-bond donors (Lipinski definition) is 0. The smallest absolute Gasteiger partial charge is 0.0187 e. The molecule has 0 spiro atoms. The van der Waals surface area contributed by atoms with Gasteiger partial charge in [-0.15, -0.1) is 0 Å². The zero-order valence-electron chi connectivity index (χ0n) is 8.22. The van der Waals surface area contributed by atoms with Crippen molar-refractivity contribution >= 4 is 31.4 Å². The van der Waals surface area contributed by atoms with Crippen molar-refractivity contribution in [3.05, 3.63) is 0 Å². The fourth-order valence-corrected chi connectivity index (χ4v) is 5.97. The topological polar surface area (TPSA) is 0 Å². The lowest BCUT2D eigenvalue weighted by molar-refractivity contribution is 0.809. The quantitative estimate of drug-likeness (QED) is 0.611. The fourth-order valence-electron chi connectivity index (χ4n) is 0.221. The molecule has 0 unspecified atom stereocenters. The Bertz CT molecular complexity index is 93.5. The van der Waals surface area contributed by atoms with Gasteiger partial charge in [0, 0.05) is 9.49 Å². The first-order chi connectivity index (χ1) is 4.71. The van der Waals surface area contributed by atoms with Crippen LogP contribution in [0.2, 0.25) is 0 Å². The molecule has 0 atom stereocenters. The van der Waals surface area contributed by atoms with Crippen LogP contribution in [0.1, 0.15) is 41.5 Å². The highest BCUT2D eigenvalue weighted by Gasteiger charge is 2.16. The summed E-state index contributed by atoms with van der Waals surface area (Å²) in [6, 6.07) is 0. The van der Waals surface area contributed by atoms with Crippen LogP contribution in [-0.4, -0.2) is 9.49 Å². The maximum absolute atomic E-state index is 2.24. The molecule has 0 amide bonds. The summed E-state index contributed by atoms with van der Waals surface area (Å²) in [7, 11) is 5.78. The Morgan fingerprint density at radius 2 is 0.909 bits per heavy atom. The van der Waals surface area contributed by atoms with Crippen LogP contribution in [0.15, 0.2) is 0 Å². The second-order valence-corrected chi connectivity index (χ2v) is 10.0. The van der Waals surface area contributed by atoms with E-state index in [1.807, 2.05) is 31.4 Å². The molecule has 0 aliphatic carbocycles. The zero-order valence-corrected chi connectivity index (χ0v) is 10.7. The molecule has 0 nitrogen and oxygen atoms in total. The van der Waals surface area contributed by atoms with Crippen LogP contribution >= 0.6 is 31.4 Å². The number of rotatable bonds is 2. The summed E-state index contributed by atoms with van der Waals surface area (Å²) in [4.78, 5) is 0. The molecule has 0 bridgehead atoms. The molecule has 0 saturated heterocycles. The maximum Gasteiger partial charge on any atom is 0.0187 e. The fraction of sp³-hybridized carbons (Fsp3) is 1.00. The molecular formula is C8H18S3. The van der Waals surface area contributed by atoms with E-state index in [1.54, 1.807) is 0 Å². The van der Waals surface area contributed by atoms with E-state index in [0.717, 1.165) is 0 Å². The van der Waals surface area contributed by atoms with E-state index < -0.39 is 0 Å². The Labute approximate surface area is 82.5 Å². The molecule has 0 aromatic rings. The maximum atomic E-state index is 2.24. The average molecular weight is 210 g/mol. The van der Waals surface area contributed by atoms with Gasteiger partial charge in [0.2, 0.25) is 0 Å². The van der Waals surface area contributed by atoms with Gasteiger partial charge in [0.1, 0.15) is 0 Å². The van der Waals surface area contributed by atoms with E-state index in [0.29, 0.717) is 9.49 Å². The Morgan fingerprint density at radius 3 is 1.09 bits per heavy atom. The first-order valence-electron chi connectivity index (χ1n) is 3.74. The highest BCUT2D eigenvalue weighted by molar-refractivity contribution is 9.09. The third kappa shape index (κ3) is 11.0. The summed E-state index contributed by atoms with van der Waals surface area (Å²) in [6.45, 7) is 13.5. The molecular weight excluding hydrogens is 192 g/mol. The second kappa shape index (κ2) is 4.33. The molecule has 0 aliphatic rings. The Hall–Kier alpha value is 1.05. The molecule has 0 rings (SSSR count). The van der Waals surface area contributed by atoms with E-state index >= 15 is 0 Å². The van der Waals surface area contributed by atoms with E-state index in [-0.39, 0.29) is 0 Å². The van der Waals surface area contributed by atoms with Gasteiger partial charge in [0.05, 0.1) is 0 Å². The van der Waals surface area contributed by atoms with Gasteiger partial charge < -0.3 is 0 Å². The van der Waals surface area contributed by atoms with Crippen molar-refractivity contribution in [3.63, 3.8) is 0 Å². The van der Waals surface area contributed by atoms with E-state index in [1.165, 1.54) is 0 Å². The zero-order chi connectivity index (χ0) is 9.12. The van der Waals surface area contributed by atoms with Crippen LogP contribution in [0.3, 0.4) is 0 Å². The molecule has 3 heteroatoms. The van der Waals surface area contributed by atoms with Crippen molar-refractivity contribution in [2.24, 2.45) is 0 Å². The summed E-state index contributed by atoms with van der Waals surface area (Å²) < 4.78 is 0.756. The first-order valence-corrected chi connectivity index (χ1v) is 7.22. The first kappa shape index (κ1) is 12.0. The molecule has 0 aromatic carbocycles. The molecule has 0 aliphatic heterocycles. The standard InChI is InChI=1S/C8H18S3/c1-7(2,3)9-11-10-8(4,5)6/h1-6H3. The summed E-state index contributed by atoms with van der Waals surface area (Å²) >= 11 is 0. The van der Waals surface area contributed by atoms with Crippen LogP contribution in [0.5, 0.6) is 0 Å². The van der Waals surface area contributed by atoms with Crippen molar-refractivity contribution in [1.29, 1.82) is 0 Å². The molecule has 11 heavy (non-hydrogen) atoms. The van der Waals surface area contributed by atoms with Crippen LogP contribution in [0.4, 0.5) is 0 Å². The lowest BCUT2D eigenvalue weighted by Crippen LogP contribution is -2.07. The largest absolute Gasteiger partial charge is 0.0766 e. The Balaban J connectivity index is 3.44. The van der Waals surface area contributed by atoms with Gasteiger partial charge in [-0.05, 0) is 9.83 Å². The minimum absolute atomic E-state index is 0.378. The van der Waals surface area contributed by atoms with Crippen molar-refractivity contribution in [3.8, 4) is 0 Å². The van der Waals surface area contributed by atoms with Crippen molar-refractivity contribution in [1.82, 2.24) is 0 Å². The van der Waals surface area contributed by atoms with Crippen LogP contribution in [0.25, 0.3) is 0 Å². The Morgan fingerprint density at radius 1 is 0.636 bits per heavy atom. The summed E-state index contributed by atoms with van der Waals surface area (Å²) in [5.41, 5.74) is 0. The minimum atomic E-state index is 0.378. The molecule has 0 radical (unpaired) electrons. The van der Waals surface area contributed by atoms with E-state index in [4.69, 9.17) is 0 Å². The molecule has 0 aromatic heterocycles. The highest BCUT2D eigenvalue weighted by atomic mass is 33.5. The van der Waals surface area contributed by atoms with Crippen LogP contribution < -0.4 is 0 Å². The highest BCUT2D eigenvalue weighted by Crippen LogP contribution is 2.47. The third-order valence-corrected chi connectivity index (χ3v) is 6.34. The van der Waals surface area contributed by atoms with Crippen molar-refractivity contribution < 1.29 is 0 Å². The second-order valence-electron chi connectivity index (χ2n) is 4.46. The normalized spacial score (nSPS) is 13.6. The molecule has 0 fully saturated rings. The lowest BCUT2D eigenvalue weighted by Gasteiger charge is -2.20. The van der Waals surface area contributed by atoms with Crippen molar-refractivity contribution in [2.45, 2.75) is 51.0 Å². The van der Waals surface area contributed by atoms with Gasteiger partial charge in [-0.25, -0.2) is 0 Å². The van der Waals surface area contributed by atoms with Gasteiger partial charge in [-0.2, -0.15) is 0 Å². The third-order valence-electron chi connectivity index (χ3n) is 0.568. The van der Waals surface area contributed by atoms with E-state index in [9.17, 15) is 0 Å². The summed E-state index contributed by atoms with van der Waals surface area (Å²) in [5.74, 6) is 0. The molecule has 68 valence electrons.